The monoisotopic (exact) mass is 670 g/mol. The van der Waals surface area contributed by atoms with Gasteiger partial charge in [-0.1, -0.05) is 24.3 Å². The van der Waals surface area contributed by atoms with Crippen molar-refractivity contribution in [2.24, 2.45) is 0 Å². The van der Waals surface area contributed by atoms with Crippen LogP contribution < -0.4 is 23.7 Å². The summed E-state index contributed by atoms with van der Waals surface area (Å²) in [5.41, 5.74) is 1.64. The summed E-state index contributed by atoms with van der Waals surface area (Å²) in [6.45, 7) is 3.73. The number of Topliss-reactive ketones (excluding diaryl/α,β-unsaturated/α-hetero) is 2. The number of aromatic hydroxyl groups is 3. The molecule has 0 saturated heterocycles. The van der Waals surface area contributed by atoms with Gasteiger partial charge in [-0.15, -0.1) is 0 Å². The lowest BCUT2D eigenvalue weighted by atomic mass is 9.95. The highest BCUT2D eigenvalue weighted by atomic mass is 16.6. The van der Waals surface area contributed by atoms with E-state index in [1.54, 1.807) is 36.4 Å². The van der Waals surface area contributed by atoms with E-state index >= 15 is 0 Å². The topological polar surface area (TPSA) is 192 Å². The van der Waals surface area contributed by atoms with Crippen molar-refractivity contribution in [2.45, 2.75) is 45.8 Å². The van der Waals surface area contributed by atoms with Gasteiger partial charge in [0.05, 0.1) is 12.8 Å². The number of ether oxygens (including phenoxy) is 5. The second kappa shape index (κ2) is 14.2. The van der Waals surface area contributed by atoms with Crippen molar-refractivity contribution >= 4 is 29.5 Å². The zero-order valence-electron chi connectivity index (χ0n) is 26.4. The van der Waals surface area contributed by atoms with Gasteiger partial charge in [0.2, 0.25) is 0 Å². The van der Waals surface area contributed by atoms with Crippen LogP contribution >= 0.6 is 0 Å². The van der Waals surface area contributed by atoms with Crippen molar-refractivity contribution in [3.8, 4) is 46.0 Å². The van der Waals surface area contributed by atoms with Gasteiger partial charge in [0.15, 0.2) is 11.6 Å². The summed E-state index contributed by atoms with van der Waals surface area (Å²) in [6.07, 6.45) is -1.01. The van der Waals surface area contributed by atoms with Crippen molar-refractivity contribution < 1.29 is 63.0 Å². The summed E-state index contributed by atoms with van der Waals surface area (Å²) in [4.78, 5) is 58.6. The summed E-state index contributed by atoms with van der Waals surface area (Å²) in [5, 5.41) is 28.4. The van der Waals surface area contributed by atoms with Crippen LogP contribution in [0.4, 0.5) is 0 Å². The Balaban J connectivity index is 0.000000204. The molecule has 2 heterocycles. The third kappa shape index (κ3) is 8.14. The molecule has 2 atom stereocenters. The number of phenolic OH excluding ortho intramolecular Hbond substituents is 3. The second-order valence-corrected chi connectivity index (χ2v) is 11.0. The Hall–Kier alpha value is -6.37. The highest BCUT2D eigenvalue weighted by Crippen LogP contribution is 2.43. The molecule has 2 aliphatic heterocycles. The van der Waals surface area contributed by atoms with Crippen molar-refractivity contribution in [3.63, 3.8) is 0 Å². The third-order valence-electron chi connectivity index (χ3n) is 7.24. The van der Waals surface area contributed by atoms with Gasteiger partial charge in [-0.2, -0.15) is 0 Å². The highest BCUT2D eigenvalue weighted by molar-refractivity contribution is 6.04. The first-order chi connectivity index (χ1) is 23.3. The third-order valence-corrected chi connectivity index (χ3v) is 7.24. The van der Waals surface area contributed by atoms with E-state index in [0.29, 0.717) is 11.3 Å². The molecule has 49 heavy (non-hydrogen) atoms. The molecule has 252 valence electrons. The van der Waals surface area contributed by atoms with E-state index in [1.165, 1.54) is 51.1 Å². The number of fused-ring (bicyclic) bond motifs is 2. The van der Waals surface area contributed by atoms with Crippen LogP contribution in [0.1, 0.15) is 77.7 Å². The number of rotatable bonds is 5. The Morgan fingerprint density at radius 1 is 0.592 bits per heavy atom. The second-order valence-electron chi connectivity index (χ2n) is 11.0. The van der Waals surface area contributed by atoms with Gasteiger partial charge in [0.25, 0.3) is 0 Å². The molecule has 2 aliphatic rings. The van der Waals surface area contributed by atoms with Crippen molar-refractivity contribution in [1.82, 2.24) is 0 Å². The summed E-state index contributed by atoms with van der Waals surface area (Å²) in [5.74, 6) is -1.74. The van der Waals surface area contributed by atoms with E-state index in [2.05, 4.69) is 0 Å². The van der Waals surface area contributed by atoms with Gasteiger partial charge >= 0.3 is 17.9 Å². The number of benzene rings is 4. The van der Waals surface area contributed by atoms with E-state index in [-0.39, 0.29) is 75.8 Å². The molecular formula is C36H30O13. The van der Waals surface area contributed by atoms with Gasteiger partial charge in [-0.3, -0.25) is 24.0 Å². The van der Waals surface area contributed by atoms with Gasteiger partial charge in [-0.05, 0) is 35.4 Å². The number of ketones is 2. The fourth-order valence-corrected chi connectivity index (χ4v) is 5.26. The lowest BCUT2D eigenvalue weighted by Gasteiger charge is -2.27. The molecule has 0 radical (unpaired) electrons. The largest absolute Gasteiger partial charge is 0.508 e. The molecule has 0 aromatic heterocycles. The van der Waals surface area contributed by atoms with Crippen LogP contribution in [0.25, 0.3) is 0 Å². The van der Waals surface area contributed by atoms with Gasteiger partial charge < -0.3 is 39.0 Å². The molecule has 0 amide bonds. The lowest BCUT2D eigenvalue weighted by molar-refractivity contribution is -0.133. The van der Waals surface area contributed by atoms with Crippen LogP contribution in [-0.2, 0) is 14.4 Å². The number of hydrogen-bond acceptors (Lipinski definition) is 13. The maximum absolute atomic E-state index is 12.8. The number of hydrogen-bond donors (Lipinski definition) is 3. The Bertz CT molecular complexity index is 1950. The SMILES string of the molecule is CC(=O)Oc1ccc(C2CC(=O)c3c(OC(C)=O)cc(OC(C)=O)cc3O2)cc1.O=C1CC(c2ccc(O)cc2)Oc2cc(O)cc(O)c21. The number of phenols is 3. The highest BCUT2D eigenvalue weighted by Gasteiger charge is 2.33. The standard InChI is InChI=1S/C21H18O8.C15H12O5/c1-11(22)26-15-6-4-14(5-7-15)18-10-17(25)21-19(28-13(3)24)8-16(27-12(2)23)9-20(21)29-18;16-9-3-1-8(2-4-9)13-7-12(19)15-11(18)5-10(17)6-14(15)20-13/h4-9,18H,10H2,1-3H3;1-6,13,16-18H,7H2. The Morgan fingerprint density at radius 3 is 1.63 bits per heavy atom. The predicted molar refractivity (Wildman–Crippen MR) is 169 cm³/mol. The lowest BCUT2D eigenvalue weighted by Crippen LogP contribution is -2.22. The van der Waals surface area contributed by atoms with Crippen LogP contribution in [0.3, 0.4) is 0 Å². The van der Waals surface area contributed by atoms with E-state index in [0.717, 1.165) is 11.6 Å². The first-order valence-electron chi connectivity index (χ1n) is 14.8. The fourth-order valence-electron chi connectivity index (χ4n) is 5.26. The minimum absolute atomic E-state index is 0.0150. The molecule has 13 nitrogen and oxygen atoms in total. The Kier molecular flexibility index (Phi) is 9.83. The number of carbonyl (C=O) groups is 5. The van der Waals surface area contributed by atoms with Crippen molar-refractivity contribution in [3.05, 3.63) is 95.1 Å². The van der Waals surface area contributed by atoms with E-state index in [4.69, 9.17) is 23.7 Å². The quantitative estimate of drug-likeness (QED) is 0.174. The maximum atomic E-state index is 12.8. The average Bonchev–Trinajstić information content (AvgIpc) is 3.00. The van der Waals surface area contributed by atoms with Gasteiger partial charge in [-0.25, -0.2) is 0 Å². The Labute approximate surface area is 279 Å². The summed E-state index contributed by atoms with van der Waals surface area (Å²) in [7, 11) is 0. The number of esters is 3. The van der Waals surface area contributed by atoms with Crippen molar-refractivity contribution in [2.75, 3.05) is 0 Å². The zero-order chi connectivity index (χ0) is 35.4. The van der Waals surface area contributed by atoms with E-state index in [1.807, 2.05) is 0 Å². The molecule has 0 fully saturated rings. The molecule has 4 aromatic carbocycles. The first kappa shape index (κ1) is 34.0. The average molecular weight is 671 g/mol. The van der Waals surface area contributed by atoms with E-state index in [9.17, 15) is 39.3 Å². The Morgan fingerprint density at radius 2 is 1.08 bits per heavy atom. The normalized spacial score (nSPS) is 16.0. The molecule has 3 N–H and O–H groups in total. The molecule has 4 aromatic rings. The van der Waals surface area contributed by atoms with Crippen LogP contribution in [0.2, 0.25) is 0 Å². The molecular weight excluding hydrogens is 640 g/mol. The van der Waals surface area contributed by atoms with Gasteiger partial charge in [0, 0.05) is 45.0 Å². The summed E-state index contributed by atoms with van der Waals surface area (Å²) < 4.78 is 26.8. The molecule has 0 aliphatic carbocycles. The van der Waals surface area contributed by atoms with Crippen LogP contribution in [-0.4, -0.2) is 44.8 Å². The fraction of sp³-hybridized carbons (Fsp3) is 0.194. The van der Waals surface area contributed by atoms with E-state index < -0.39 is 30.1 Å². The van der Waals surface area contributed by atoms with Crippen LogP contribution in [0.5, 0.6) is 46.0 Å². The van der Waals surface area contributed by atoms with Crippen molar-refractivity contribution in [1.29, 1.82) is 0 Å². The summed E-state index contributed by atoms with van der Waals surface area (Å²) >= 11 is 0. The molecule has 2 unspecified atom stereocenters. The first-order valence-corrected chi connectivity index (χ1v) is 14.8. The minimum atomic E-state index is -0.622. The number of carbonyl (C=O) groups excluding carboxylic acids is 5. The van der Waals surface area contributed by atoms with Gasteiger partial charge in [0.1, 0.15) is 69.3 Å². The zero-order valence-corrected chi connectivity index (χ0v) is 26.4. The molecule has 0 bridgehead atoms. The molecule has 6 rings (SSSR count). The maximum Gasteiger partial charge on any atom is 0.308 e. The molecule has 0 spiro atoms. The smallest absolute Gasteiger partial charge is 0.308 e. The van der Waals surface area contributed by atoms with Crippen LogP contribution in [0, 0.1) is 0 Å². The summed E-state index contributed by atoms with van der Waals surface area (Å²) in [6, 6.07) is 18.0. The minimum Gasteiger partial charge on any atom is -0.508 e. The molecule has 0 saturated carbocycles. The van der Waals surface area contributed by atoms with Crippen LogP contribution in [0.15, 0.2) is 72.8 Å². The molecule has 13 heteroatoms. The predicted octanol–water partition coefficient (Wildman–Crippen LogP) is 5.68.